The van der Waals surface area contributed by atoms with Crippen molar-refractivity contribution >= 4 is 5.97 Å². The highest BCUT2D eigenvalue weighted by molar-refractivity contribution is 5.75. The van der Waals surface area contributed by atoms with Gasteiger partial charge in [-0.05, 0) is 45.6 Å². The summed E-state index contributed by atoms with van der Waals surface area (Å²) in [5.41, 5.74) is 1.14. The van der Waals surface area contributed by atoms with E-state index in [1.807, 2.05) is 46.1 Å². The van der Waals surface area contributed by atoms with E-state index in [0.29, 0.717) is 13.2 Å². The van der Waals surface area contributed by atoms with Crippen molar-refractivity contribution in [3.63, 3.8) is 0 Å². The maximum absolute atomic E-state index is 11.6. The van der Waals surface area contributed by atoms with Gasteiger partial charge >= 0.3 is 5.97 Å². The minimum absolute atomic E-state index is 0.150. The van der Waals surface area contributed by atoms with Crippen LogP contribution in [0.4, 0.5) is 0 Å². The van der Waals surface area contributed by atoms with Gasteiger partial charge in [0.2, 0.25) is 0 Å². The number of esters is 1. The van der Waals surface area contributed by atoms with Gasteiger partial charge in [-0.15, -0.1) is 0 Å². The molecule has 0 aromatic heterocycles. The number of benzene rings is 1. The molecule has 0 spiro atoms. The largest absolute Gasteiger partial charge is 0.497 e. The molecule has 0 aliphatic carbocycles. The predicted octanol–water partition coefficient (Wildman–Crippen LogP) is 1.84. The average molecular weight is 294 g/mol. The van der Waals surface area contributed by atoms with Crippen LogP contribution in [-0.4, -0.2) is 51.3 Å². The molecule has 2 atom stereocenters. The third-order valence-electron chi connectivity index (χ3n) is 3.36. The molecule has 5 heteroatoms. The molecule has 0 fully saturated rings. The maximum Gasteiger partial charge on any atom is 0.322 e. The fraction of sp³-hybridized carbons (Fsp3) is 0.562. The molecular weight excluding hydrogens is 268 g/mol. The van der Waals surface area contributed by atoms with Gasteiger partial charge in [0.25, 0.3) is 0 Å². The first-order chi connectivity index (χ1) is 9.99. The summed E-state index contributed by atoms with van der Waals surface area (Å²) in [6.07, 6.45) is 0. The van der Waals surface area contributed by atoms with Crippen LogP contribution in [0.1, 0.15) is 25.5 Å². The fourth-order valence-corrected chi connectivity index (χ4v) is 2.09. The SMILES string of the molecule is CCOC(=O)C(C)NCC(c1cccc(OC)c1)N(C)C. The molecule has 0 saturated heterocycles. The Hall–Kier alpha value is -1.59. The lowest BCUT2D eigenvalue weighted by Gasteiger charge is -2.26. The number of nitrogens with zero attached hydrogens (tertiary/aromatic N) is 1. The zero-order valence-corrected chi connectivity index (χ0v) is 13.6. The van der Waals surface area contributed by atoms with E-state index in [1.54, 1.807) is 7.11 Å². The van der Waals surface area contributed by atoms with Gasteiger partial charge in [0, 0.05) is 12.6 Å². The topological polar surface area (TPSA) is 50.8 Å². The van der Waals surface area contributed by atoms with Crippen LogP contribution >= 0.6 is 0 Å². The number of rotatable bonds is 8. The van der Waals surface area contributed by atoms with Crippen LogP contribution in [0.25, 0.3) is 0 Å². The maximum atomic E-state index is 11.6. The predicted molar refractivity (Wildman–Crippen MR) is 83.5 cm³/mol. The third-order valence-corrected chi connectivity index (χ3v) is 3.36. The van der Waals surface area contributed by atoms with Gasteiger partial charge in [-0.3, -0.25) is 4.79 Å². The lowest BCUT2D eigenvalue weighted by molar-refractivity contribution is -0.145. The molecule has 0 bridgehead atoms. The molecule has 1 N–H and O–H groups in total. The second kappa shape index (κ2) is 8.64. The number of carbonyl (C=O) groups is 1. The lowest BCUT2D eigenvalue weighted by atomic mass is 10.1. The fourth-order valence-electron chi connectivity index (χ4n) is 2.09. The quantitative estimate of drug-likeness (QED) is 0.741. The number of likely N-dealkylation sites (N-methyl/N-ethyl adjacent to an activating group) is 1. The van der Waals surface area contributed by atoms with Crippen LogP contribution in [0.3, 0.4) is 0 Å². The summed E-state index contributed by atoms with van der Waals surface area (Å²) >= 11 is 0. The van der Waals surface area contributed by atoms with Gasteiger partial charge in [-0.1, -0.05) is 12.1 Å². The number of nitrogens with one attached hydrogen (secondary N) is 1. The van der Waals surface area contributed by atoms with Crippen molar-refractivity contribution in [1.29, 1.82) is 0 Å². The Kier molecular flexibility index (Phi) is 7.19. The van der Waals surface area contributed by atoms with E-state index in [2.05, 4.69) is 16.3 Å². The standard InChI is InChI=1S/C16H26N2O3/c1-6-21-16(19)12(2)17-11-15(18(3)4)13-8-7-9-14(10-13)20-5/h7-10,12,15,17H,6,11H2,1-5H3. The molecule has 0 amide bonds. The second-order valence-corrected chi connectivity index (χ2v) is 5.14. The lowest BCUT2D eigenvalue weighted by Crippen LogP contribution is -2.40. The summed E-state index contributed by atoms with van der Waals surface area (Å²) in [7, 11) is 5.69. The van der Waals surface area contributed by atoms with E-state index in [-0.39, 0.29) is 18.1 Å². The summed E-state index contributed by atoms with van der Waals surface area (Å²) in [6.45, 7) is 4.68. The highest BCUT2D eigenvalue weighted by Gasteiger charge is 2.19. The van der Waals surface area contributed by atoms with Crippen LogP contribution in [0, 0.1) is 0 Å². The van der Waals surface area contributed by atoms with Gasteiger partial charge in [0.1, 0.15) is 11.8 Å². The first-order valence-electron chi connectivity index (χ1n) is 7.20. The molecule has 21 heavy (non-hydrogen) atoms. The zero-order valence-electron chi connectivity index (χ0n) is 13.6. The summed E-state index contributed by atoms with van der Waals surface area (Å²) < 4.78 is 10.3. The molecule has 2 unspecified atom stereocenters. The van der Waals surface area contributed by atoms with Crippen molar-refractivity contribution in [2.75, 3.05) is 34.4 Å². The Labute approximate surface area is 127 Å². The number of methoxy groups -OCH3 is 1. The molecular formula is C16H26N2O3. The number of ether oxygens (including phenoxy) is 2. The van der Waals surface area contributed by atoms with Gasteiger partial charge in [-0.25, -0.2) is 0 Å². The summed E-state index contributed by atoms with van der Waals surface area (Å²) in [5, 5.41) is 3.23. The second-order valence-electron chi connectivity index (χ2n) is 5.14. The first kappa shape index (κ1) is 17.5. The Balaban J connectivity index is 2.72. The molecule has 1 aromatic rings. The van der Waals surface area contributed by atoms with Gasteiger partial charge in [0.05, 0.1) is 13.7 Å². The average Bonchev–Trinajstić information content (AvgIpc) is 2.47. The Morgan fingerprint density at radius 1 is 1.38 bits per heavy atom. The number of carbonyl (C=O) groups excluding carboxylic acids is 1. The molecule has 1 rings (SSSR count). The van der Waals surface area contributed by atoms with E-state index in [4.69, 9.17) is 9.47 Å². The highest BCUT2D eigenvalue weighted by atomic mass is 16.5. The third kappa shape index (κ3) is 5.36. The molecule has 118 valence electrons. The van der Waals surface area contributed by atoms with Crippen LogP contribution < -0.4 is 10.1 Å². The van der Waals surface area contributed by atoms with Crippen molar-refractivity contribution < 1.29 is 14.3 Å². The van der Waals surface area contributed by atoms with Gasteiger partial charge in [0.15, 0.2) is 0 Å². The summed E-state index contributed by atoms with van der Waals surface area (Å²) in [6, 6.07) is 7.80. The van der Waals surface area contributed by atoms with Crippen molar-refractivity contribution in [2.24, 2.45) is 0 Å². The first-order valence-corrected chi connectivity index (χ1v) is 7.20. The normalized spacial score (nSPS) is 13.8. The van der Waals surface area contributed by atoms with Crippen LogP contribution in [-0.2, 0) is 9.53 Å². The van der Waals surface area contributed by atoms with E-state index >= 15 is 0 Å². The van der Waals surface area contributed by atoms with E-state index in [1.165, 1.54) is 0 Å². The van der Waals surface area contributed by atoms with Crippen molar-refractivity contribution in [1.82, 2.24) is 10.2 Å². The smallest absolute Gasteiger partial charge is 0.322 e. The molecule has 0 heterocycles. The minimum atomic E-state index is -0.321. The highest BCUT2D eigenvalue weighted by Crippen LogP contribution is 2.22. The minimum Gasteiger partial charge on any atom is -0.497 e. The van der Waals surface area contributed by atoms with Crippen molar-refractivity contribution in [3.05, 3.63) is 29.8 Å². The Bertz CT molecular complexity index is 449. The molecule has 1 aromatic carbocycles. The van der Waals surface area contributed by atoms with E-state index in [0.717, 1.165) is 11.3 Å². The number of hydrogen-bond acceptors (Lipinski definition) is 5. The van der Waals surface area contributed by atoms with E-state index in [9.17, 15) is 4.79 Å². The van der Waals surface area contributed by atoms with E-state index < -0.39 is 0 Å². The Morgan fingerprint density at radius 3 is 2.67 bits per heavy atom. The van der Waals surface area contributed by atoms with Crippen LogP contribution in [0.15, 0.2) is 24.3 Å². The molecule has 0 aliphatic heterocycles. The molecule has 5 nitrogen and oxygen atoms in total. The summed E-state index contributed by atoms with van der Waals surface area (Å²) in [5.74, 6) is 0.610. The van der Waals surface area contributed by atoms with Crippen LogP contribution in [0.2, 0.25) is 0 Å². The zero-order chi connectivity index (χ0) is 15.8. The monoisotopic (exact) mass is 294 g/mol. The number of hydrogen-bond donors (Lipinski definition) is 1. The molecule has 0 saturated carbocycles. The Morgan fingerprint density at radius 2 is 2.10 bits per heavy atom. The van der Waals surface area contributed by atoms with Gasteiger partial charge in [-0.2, -0.15) is 0 Å². The summed E-state index contributed by atoms with van der Waals surface area (Å²) in [4.78, 5) is 13.8. The van der Waals surface area contributed by atoms with Crippen LogP contribution in [0.5, 0.6) is 5.75 Å². The van der Waals surface area contributed by atoms with Gasteiger partial charge < -0.3 is 19.7 Å². The molecule has 0 radical (unpaired) electrons. The van der Waals surface area contributed by atoms with Crippen molar-refractivity contribution in [2.45, 2.75) is 25.9 Å². The molecule has 0 aliphatic rings. The van der Waals surface area contributed by atoms with Crippen molar-refractivity contribution in [3.8, 4) is 5.75 Å².